The number of para-hydroxylation sites is 1. The van der Waals surface area contributed by atoms with Crippen LogP contribution >= 0.6 is 0 Å². The van der Waals surface area contributed by atoms with Gasteiger partial charge in [-0.15, -0.1) is 0 Å². The monoisotopic (exact) mass is 633 g/mol. The fourth-order valence-corrected chi connectivity index (χ4v) is 6.80. The van der Waals surface area contributed by atoms with E-state index < -0.39 is 46.4 Å². The molecule has 0 bridgehead atoms. The first-order chi connectivity index (χ1) is 22.4. The van der Waals surface area contributed by atoms with Crippen molar-refractivity contribution in [3.63, 3.8) is 0 Å². The number of nitrogens with zero attached hydrogens (tertiary/aromatic N) is 1. The first-order valence-corrected chi connectivity index (χ1v) is 15.6. The van der Waals surface area contributed by atoms with Gasteiger partial charge in [-0.25, -0.2) is 0 Å². The summed E-state index contributed by atoms with van der Waals surface area (Å²) in [6.07, 6.45) is -1.34. The summed E-state index contributed by atoms with van der Waals surface area (Å²) in [5.74, 6) is -1.26. The number of ketones is 1. The fraction of sp³-hybridized carbons (Fsp3) is 0.289. The molecule has 1 saturated heterocycles. The number of nitrogens with one attached hydrogen (secondary N) is 2. The zero-order valence-corrected chi connectivity index (χ0v) is 27.1. The molecule has 2 heterocycles. The van der Waals surface area contributed by atoms with Crippen LogP contribution in [0.1, 0.15) is 47.8 Å². The average Bonchev–Trinajstić information content (AvgIpc) is 3.27. The normalized spacial score (nSPS) is 23.7. The van der Waals surface area contributed by atoms with Crippen LogP contribution < -0.4 is 25.0 Å². The summed E-state index contributed by atoms with van der Waals surface area (Å²) in [4.78, 5) is 46.6. The minimum absolute atomic E-state index is 0.120. The van der Waals surface area contributed by atoms with Gasteiger partial charge in [0.15, 0.2) is 23.0 Å². The maximum atomic E-state index is 15.5. The molecule has 242 valence electrons. The van der Waals surface area contributed by atoms with E-state index >= 15 is 9.59 Å². The Labute approximate surface area is 274 Å². The van der Waals surface area contributed by atoms with Gasteiger partial charge in [0.05, 0.1) is 12.7 Å². The molecular formula is C38H39N3O6. The van der Waals surface area contributed by atoms with Crippen LogP contribution in [0.3, 0.4) is 0 Å². The van der Waals surface area contributed by atoms with Crippen molar-refractivity contribution in [2.45, 2.75) is 57.6 Å². The highest BCUT2D eigenvalue weighted by Gasteiger charge is 2.79. The Morgan fingerprint density at radius 2 is 1.57 bits per heavy atom. The van der Waals surface area contributed by atoms with Crippen LogP contribution in [-0.2, 0) is 21.7 Å². The van der Waals surface area contributed by atoms with Crippen molar-refractivity contribution in [3.8, 4) is 11.5 Å². The largest absolute Gasteiger partial charge is 0.497 e. The first-order valence-electron chi connectivity index (χ1n) is 15.6. The number of benzene rings is 4. The van der Waals surface area contributed by atoms with Gasteiger partial charge in [0.2, 0.25) is 5.91 Å². The molecule has 0 saturated carbocycles. The van der Waals surface area contributed by atoms with Crippen LogP contribution in [-0.4, -0.2) is 47.6 Å². The van der Waals surface area contributed by atoms with Crippen molar-refractivity contribution in [1.29, 1.82) is 0 Å². The summed E-state index contributed by atoms with van der Waals surface area (Å²) in [6, 6.07) is 28.1. The summed E-state index contributed by atoms with van der Waals surface area (Å²) in [5, 5.41) is 19.7. The maximum Gasteiger partial charge on any atom is 0.265 e. The lowest BCUT2D eigenvalue weighted by molar-refractivity contribution is -0.156. The smallest absolute Gasteiger partial charge is 0.265 e. The van der Waals surface area contributed by atoms with Crippen molar-refractivity contribution in [2.75, 3.05) is 12.0 Å². The number of aliphatic hydroxyl groups is 1. The number of carbonyl (C=O) groups excluding carboxylic acids is 3. The van der Waals surface area contributed by atoms with Crippen LogP contribution in [0.4, 0.5) is 5.69 Å². The number of fused-ring (bicyclic) bond motifs is 1. The van der Waals surface area contributed by atoms with Crippen molar-refractivity contribution >= 4 is 23.3 Å². The second kappa shape index (κ2) is 12.0. The summed E-state index contributed by atoms with van der Waals surface area (Å²) in [7, 11) is 1.51. The number of hydrogen-bond acceptors (Lipinski definition) is 7. The van der Waals surface area contributed by atoms with Gasteiger partial charge >= 0.3 is 0 Å². The zero-order chi connectivity index (χ0) is 33.6. The summed E-state index contributed by atoms with van der Waals surface area (Å²) >= 11 is 0. The standard InChI is InChI=1S/C38H39N3O6/c1-24-16-21-30-29(22-24)32(42)37(34(47-30)39-23-25-12-8-6-9-13-25)31(33(43)40-36(2,3)4)41(27-14-10-7-11-15-27)35(44)38(37,45)26-17-19-28(46-5)20-18-26/h6-22,31,34,39,45H,23H2,1-5H3,(H,40,43)/t31-,34+,37+,38-/m1/s1. The number of hydrogen-bond donors (Lipinski definition) is 3. The van der Waals surface area contributed by atoms with Crippen molar-refractivity contribution in [2.24, 2.45) is 5.41 Å². The Kier molecular flexibility index (Phi) is 8.15. The molecule has 2 aliphatic rings. The van der Waals surface area contributed by atoms with E-state index in [1.54, 1.807) is 66.7 Å². The van der Waals surface area contributed by atoms with E-state index in [9.17, 15) is 9.90 Å². The van der Waals surface area contributed by atoms with Crippen LogP contribution in [0.2, 0.25) is 0 Å². The molecule has 1 spiro atoms. The molecule has 2 aliphatic heterocycles. The first kappa shape index (κ1) is 32.0. The van der Waals surface area contributed by atoms with Crippen molar-refractivity contribution in [3.05, 3.63) is 125 Å². The summed E-state index contributed by atoms with van der Waals surface area (Å²) in [5.41, 5.74) is -3.26. The molecule has 0 unspecified atom stereocenters. The molecule has 0 aromatic heterocycles. The Morgan fingerprint density at radius 1 is 0.936 bits per heavy atom. The van der Waals surface area contributed by atoms with E-state index in [0.717, 1.165) is 11.1 Å². The molecule has 6 rings (SSSR count). The number of rotatable bonds is 7. The van der Waals surface area contributed by atoms with E-state index in [1.165, 1.54) is 12.0 Å². The third-order valence-corrected chi connectivity index (χ3v) is 8.85. The number of methoxy groups -OCH3 is 1. The number of ether oxygens (including phenoxy) is 2. The SMILES string of the molecule is COc1ccc([C@@]2(O)C(=O)N(c3ccccc3)[C@H](C(=O)NC(C)(C)C)[C@@]23C(=O)c2cc(C)ccc2O[C@@H]3NCc2ccccc2)cc1. The van der Waals surface area contributed by atoms with E-state index in [-0.39, 0.29) is 23.4 Å². The second-order valence-electron chi connectivity index (χ2n) is 13.2. The third-order valence-electron chi connectivity index (χ3n) is 8.85. The van der Waals surface area contributed by atoms with Crippen LogP contribution in [0, 0.1) is 12.3 Å². The molecule has 4 aromatic rings. The van der Waals surface area contributed by atoms with Gasteiger partial charge < -0.3 is 19.9 Å². The maximum absolute atomic E-state index is 15.5. The fourth-order valence-electron chi connectivity index (χ4n) is 6.80. The Bertz CT molecular complexity index is 1810. The van der Waals surface area contributed by atoms with E-state index in [4.69, 9.17) is 9.47 Å². The van der Waals surface area contributed by atoms with Gasteiger partial charge in [0, 0.05) is 17.8 Å². The Balaban J connectivity index is 1.69. The molecule has 9 heteroatoms. The second-order valence-corrected chi connectivity index (χ2v) is 13.2. The molecule has 4 atom stereocenters. The van der Waals surface area contributed by atoms with E-state index in [0.29, 0.717) is 11.4 Å². The molecule has 0 radical (unpaired) electrons. The molecule has 9 nitrogen and oxygen atoms in total. The van der Waals surface area contributed by atoms with Crippen LogP contribution in [0.25, 0.3) is 0 Å². The molecular weight excluding hydrogens is 594 g/mol. The molecule has 2 amide bonds. The minimum Gasteiger partial charge on any atom is -0.497 e. The Morgan fingerprint density at radius 3 is 2.19 bits per heavy atom. The van der Waals surface area contributed by atoms with Gasteiger partial charge in [-0.3, -0.25) is 24.6 Å². The zero-order valence-electron chi connectivity index (χ0n) is 27.1. The van der Waals surface area contributed by atoms with E-state index in [1.807, 2.05) is 64.1 Å². The van der Waals surface area contributed by atoms with Gasteiger partial charge in [-0.05, 0) is 75.2 Å². The lowest BCUT2D eigenvalue weighted by Gasteiger charge is -2.49. The van der Waals surface area contributed by atoms with Crippen LogP contribution in [0.5, 0.6) is 11.5 Å². The lowest BCUT2D eigenvalue weighted by atomic mass is 9.60. The number of amides is 2. The highest BCUT2D eigenvalue weighted by Crippen LogP contribution is 2.59. The minimum atomic E-state index is -2.58. The molecule has 47 heavy (non-hydrogen) atoms. The van der Waals surface area contributed by atoms with Gasteiger partial charge in [-0.1, -0.05) is 72.3 Å². The van der Waals surface area contributed by atoms with Crippen LogP contribution in [0.15, 0.2) is 103 Å². The highest BCUT2D eigenvalue weighted by atomic mass is 16.5. The summed E-state index contributed by atoms with van der Waals surface area (Å²) < 4.78 is 12.0. The van der Waals surface area contributed by atoms with Crippen molar-refractivity contribution < 1.29 is 29.0 Å². The van der Waals surface area contributed by atoms with Gasteiger partial charge in [0.25, 0.3) is 5.91 Å². The summed E-state index contributed by atoms with van der Waals surface area (Å²) in [6.45, 7) is 7.52. The lowest BCUT2D eigenvalue weighted by Crippen LogP contribution is -2.71. The number of aryl methyl sites for hydroxylation is 1. The average molecular weight is 634 g/mol. The number of carbonyl (C=O) groups is 3. The number of anilines is 1. The Hall–Kier alpha value is -4.99. The molecule has 4 aromatic carbocycles. The number of Topliss-reactive ketones (excluding diaryl/α,β-unsaturated/α-hetero) is 1. The van der Waals surface area contributed by atoms with Gasteiger partial charge in [-0.2, -0.15) is 0 Å². The topological polar surface area (TPSA) is 117 Å². The molecule has 1 fully saturated rings. The molecule has 0 aliphatic carbocycles. The van der Waals surface area contributed by atoms with E-state index in [2.05, 4.69) is 10.6 Å². The predicted molar refractivity (Wildman–Crippen MR) is 178 cm³/mol. The predicted octanol–water partition coefficient (Wildman–Crippen LogP) is 4.90. The highest BCUT2D eigenvalue weighted by molar-refractivity contribution is 6.20. The van der Waals surface area contributed by atoms with Gasteiger partial charge in [0.1, 0.15) is 17.5 Å². The molecule has 3 N–H and O–H groups in total. The third kappa shape index (κ3) is 5.25. The quantitative estimate of drug-likeness (QED) is 0.265. The van der Waals surface area contributed by atoms with Crippen molar-refractivity contribution in [1.82, 2.24) is 10.6 Å².